The number of fused-ring (bicyclic) bond motifs is 1. The molecule has 0 amide bonds. The minimum Gasteiger partial charge on any atom is -0.370 e. The SMILES string of the molecule is CCC(C)(C=O)CN1CCc2ccc(F)cc21. The Morgan fingerprint density at radius 3 is 2.94 bits per heavy atom. The van der Waals surface area contributed by atoms with Crippen molar-refractivity contribution < 1.29 is 9.18 Å². The van der Waals surface area contributed by atoms with Gasteiger partial charge in [-0.2, -0.15) is 0 Å². The molecule has 0 N–H and O–H groups in total. The molecule has 1 atom stereocenters. The van der Waals surface area contributed by atoms with Gasteiger partial charge in [-0.15, -0.1) is 0 Å². The second-order valence-electron chi connectivity index (χ2n) is 5.07. The van der Waals surface area contributed by atoms with Crippen molar-refractivity contribution in [2.45, 2.75) is 26.7 Å². The maximum atomic E-state index is 13.2. The fraction of sp³-hybridized carbons (Fsp3) is 0.500. The van der Waals surface area contributed by atoms with Gasteiger partial charge >= 0.3 is 0 Å². The second-order valence-corrected chi connectivity index (χ2v) is 5.07. The van der Waals surface area contributed by atoms with Gasteiger partial charge in [0.1, 0.15) is 12.1 Å². The van der Waals surface area contributed by atoms with Crippen molar-refractivity contribution in [2.75, 3.05) is 18.0 Å². The lowest BCUT2D eigenvalue weighted by molar-refractivity contribution is -0.115. The number of rotatable bonds is 4. The minimum absolute atomic E-state index is 0.208. The van der Waals surface area contributed by atoms with Gasteiger partial charge in [-0.05, 0) is 30.5 Å². The molecule has 0 spiro atoms. The highest BCUT2D eigenvalue weighted by molar-refractivity contribution is 5.63. The van der Waals surface area contributed by atoms with E-state index in [-0.39, 0.29) is 11.2 Å². The van der Waals surface area contributed by atoms with E-state index in [1.165, 1.54) is 11.6 Å². The highest BCUT2D eigenvalue weighted by Gasteiger charge is 2.28. The molecule has 0 saturated carbocycles. The molecule has 17 heavy (non-hydrogen) atoms. The predicted octanol–water partition coefficient (Wildman–Crippen LogP) is 2.80. The van der Waals surface area contributed by atoms with Crippen LogP contribution in [0.2, 0.25) is 0 Å². The standard InChI is InChI=1S/C14H18FNO/c1-3-14(2,10-17)9-16-7-6-11-4-5-12(15)8-13(11)16/h4-5,8,10H,3,6-7,9H2,1-2H3. The van der Waals surface area contributed by atoms with Gasteiger partial charge in [-0.25, -0.2) is 4.39 Å². The molecule has 0 bridgehead atoms. The first-order chi connectivity index (χ1) is 8.08. The van der Waals surface area contributed by atoms with E-state index in [4.69, 9.17) is 0 Å². The number of hydrogen-bond acceptors (Lipinski definition) is 2. The van der Waals surface area contributed by atoms with Crippen LogP contribution in [0.3, 0.4) is 0 Å². The molecule has 1 aromatic rings. The monoisotopic (exact) mass is 235 g/mol. The van der Waals surface area contributed by atoms with Gasteiger partial charge in [-0.1, -0.05) is 19.9 Å². The van der Waals surface area contributed by atoms with Crippen molar-refractivity contribution in [1.82, 2.24) is 0 Å². The largest absolute Gasteiger partial charge is 0.370 e. The molecule has 2 nitrogen and oxygen atoms in total. The third kappa shape index (κ3) is 2.33. The van der Waals surface area contributed by atoms with E-state index in [2.05, 4.69) is 4.90 Å². The summed E-state index contributed by atoms with van der Waals surface area (Å²) in [4.78, 5) is 13.2. The number of halogens is 1. The molecule has 0 aliphatic carbocycles. The maximum absolute atomic E-state index is 13.2. The summed E-state index contributed by atoms with van der Waals surface area (Å²) < 4.78 is 13.2. The molecule has 1 aromatic carbocycles. The quantitative estimate of drug-likeness (QED) is 0.748. The molecule has 2 rings (SSSR count). The first-order valence-corrected chi connectivity index (χ1v) is 6.08. The van der Waals surface area contributed by atoms with Crippen molar-refractivity contribution in [3.05, 3.63) is 29.6 Å². The van der Waals surface area contributed by atoms with E-state index >= 15 is 0 Å². The summed E-state index contributed by atoms with van der Waals surface area (Å²) in [6.07, 6.45) is 2.76. The summed E-state index contributed by atoms with van der Waals surface area (Å²) in [5, 5.41) is 0. The molecule has 0 saturated heterocycles. The molecule has 0 aromatic heterocycles. The molecule has 1 unspecified atom stereocenters. The summed E-state index contributed by atoms with van der Waals surface area (Å²) in [6, 6.07) is 4.92. The van der Waals surface area contributed by atoms with E-state index in [0.717, 1.165) is 31.4 Å². The van der Waals surface area contributed by atoms with Crippen LogP contribution in [-0.4, -0.2) is 19.4 Å². The number of aldehydes is 1. The lowest BCUT2D eigenvalue weighted by Crippen LogP contribution is -2.35. The zero-order chi connectivity index (χ0) is 12.5. The maximum Gasteiger partial charge on any atom is 0.127 e. The van der Waals surface area contributed by atoms with Gasteiger partial charge in [0.25, 0.3) is 0 Å². The van der Waals surface area contributed by atoms with Crippen LogP contribution in [-0.2, 0) is 11.2 Å². The molecule has 1 aliphatic rings. The van der Waals surface area contributed by atoms with Crippen molar-refractivity contribution in [3.8, 4) is 0 Å². The normalized spacial score (nSPS) is 17.7. The average Bonchev–Trinajstić information content (AvgIpc) is 2.72. The predicted molar refractivity (Wildman–Crippen MR) is 66.8 cm³/mol. The van der Waals surface area contributed by atoms with Crippen molar-refractivity contribution in [1.29, 1.82) is 0 Å². The Morgan fingerprint density at radius 1 is 1.53 bits per heavy atom. The second kappa shape index (κ2) is 4.47. The first kappa shape index (κ1) is 12.1. The molecular weight excluding hydrogens is 217 g/mol. The van der Waals surface area contributed by atoms with E-state index in [1.807, 2.05) is 19.9 Å². The summed E-state index contributed by atoms with van der Waals surface area (Å²) in [5.74, 6) is -0.208. The molecule has 1 aliphatic heterocycles. The third-order valence-electron chi connectivity index (χ3n) is 3.68. The lowest BCUT2D eigenvalue weighted by atomic mass is 9.89. The fourth-order valence-electron chi connectivity index (χ4n) is 2.25. The third-order valence-corrected chi connectivity index (χ3v) is 3.68. The van der Waals surface area contributed by atoms with E-state index in [1.54, 1.807) is 6.07 Å². The number of nitrogens with zero attached hydrogens (tertiary/aromatic N) is 1. The Kier molecular flexibility index (Phi) is 3.18. The lowest BCUT2D eigenvalue weighted by Gasteiger charge is -2.29. The Labute approximate surface area is 101 Å². The van der Waals surface area contributed by atoms with Crippen LogP contribution in [0.25, 0.3) is 0 Å². The molecule has 92 valence electrons. The van der Waals surface area contributed by atoms with Crippen LogP contribution in [0.15, 0.2) is 18.2 Å². The molecule has 0 radical (unpaired) electrons. The van der Waals surface area contributed by atoms with Crippen LogP contribution in [0.4, 0.5) is 10.1 Å². The smallest absolute Gasteiger partial charge is 0.127 e. The topological polar surface area (TPSA) is 20.3 Å². The molecule has 0 fully saturated rings. The Balaban J connectivity index is 2.22. The van der Waals surface area contributed by atoms with Gasteiger partial charge in [0.15, 0.2) is 0 Å². The van der Waals surface area contributed by atoms with E-state index < -0.39 is 0 Å². The van der Waals surface area contributed by atoms with Gasteiger partial charge in [0, 0.05) is 24.2 Å². The zero-order valence-corrected chi connectivity index (χ0v) is 10.4. The van der Waals surface area contributed by atoms with Gasteiger partial charge in [-0.3, -0.25) is 0 Å². The fourth-order valence-corrected chi connectivity index (χ4v) is 2.25. The number of carbonyl (C=O) groups is 1. The summed E-state index contributed by atoms with van der Waals surface area (Å²) in [7, 11) is 0. The summed E-state index contributed by atoms with van der Waals surface area (Å²) >= 11 is 0. The Morgan fingerprint density at radius 2 is 2.29 bits per heavy atom. The van der Waals surface area contributed by atoms with Crippen molar-refractivity contribution in [3.63, 3.8) is 0 Å². The van der Waals surface area contributed by atoms with Crippen LogP contribution in [0.1, 0.15) is 25.8 Å². The Bertz CT molecular complexity index is 432. The van der Waals surface area contributed by atoms with Crippen LogP contribution in [0.5, 0.6) is 0 Å². The average molecular weight is 235 g/mol. The van der Waals surface area contributed by atoms with Crippen LogP contribution >= 0.6 is 0 Å². The van der Waals surface area contributed by atoms with Crippen LogP contribution in [0, 0.1) is 11.2 Å². The first-order valence-electron chi connectivity index (χ1n) is 6.08. The van der Waals surface area contributed by atoms with E-state index in [9.17, 15) is 9.18 Å². The van der Waals surface area contributed by atoms with Gasteiger partial charge in [0.05, 0.1) is 0 Å². The molecule has 1 heterocycles. The van der Waals surface area contributed by atoms with Gasteiger partial charge < -0.3 is 9.69 Å². The highest BCUT2D eigenvalue weighted by atomic mass is 19.1. The van der Waals surface area contributed by atoms with Crippen molar-refractivity contribution in [2.24, 2.45) is 5.41 Å². The minimum atomic E-state index is -0.339. The number of anilines is 1. The highest BCUT2D eigenvalue weighted by Crippen LogP contribution is 2.32. The van der Waals surface area contributed by atoms with Crippen LogP contribution < -0.4 is 4.90 Å². The number of carbonyl (C=O) groups excluding carboxylic acids is 1. The van der Waals surface area contributed by atoms with Crippen molar-refractivity contribution >= 4 is 12.0 Å². The number of benzene rings is 1. The Hall–Kier alpha value is -1.38. The number of hydrogen-bond donors (Lipinski definition) is 0. The molecule has 3 heteroatoms. The zero-order valence-electron chi connectivity index (χ0n) is 10.4. The van der Waals surface area contributed by atoms with E-state index in [0.29, 0.717) is 6.54 Å². The summed E-state index contributed by atoms with van der Waals surface area (Å²) in [5.41, 5.74) is 1.79. The molecular formula is C14H18FNO. The van der Waals surface area contributed by atoms with Gasteiger partial charge in [0.2, 0.25) is 0 Å². The summed E-state index contributed by atoms with van der Waals surface area (Å²) in [6.45, 7) is 5.51.